The van der Waals surface area contributed by atoms with Crippen molar-refractivity contribution in [1.82, 2.24) is 14.9 Å². The minimum absolute atomic E-state index is 0.632. The summed E-state index contributed by atoms with van der Waals surface area (Å²) in [4.78, 5) is 4.68. The summed E-state index contributed by atoms with van der Waals surface area (Å²) in [6, 6.07) is 16.6. The highest BCUT2D eigenvalue weighted by Crippen LogP contribution is 2.21. The maximum absolute atomic E-state index is 5.23. The number of thiocarbonyl (C=S) groups is 1. The van der Waals surface area contributed by atoms with Gasteiger partial charge in [0.05, 0.1) is 11.0 Å². The van der Waals surface area contributed by atoms with Gasteiger partial charge in [0, 0.05) is 18.8 Å². The van der Waals surface area contributed by atoms with Crippen molar-refractivity contribution in [3.63, 3.8) is 0 Å². The van der Waals surface area contributed by atoms with E-state index >= 15 is 0 Å². The number of aryl methyl sites for hydroxylation is 1. The van der Waals surface area contributed by atoms with Gasteiger partial charge in [-0.1, -0.05) is 30.3 Å². The van der Waals surface area contributed by atoms with Crippen LogP contribution >= 0.6 is 12.2 Å². The predicted octanol–water partition coefficient (Wildman–Crippen LogP) is 3.70. The summed E-state index contributed by atoms with van der Waals surface area (Å²) >= 11 is 5.23. The number of aromatic nitrogens is 2. The fourth-order valence-electron chi connectivity index (χ4n) is 2.63. The molecule has 0 amide bonds. The van der Waals surface area contributed by atoms with Gasteiger partial charge in [-0.15, -0.1) is 0 Å². The Hall–Kier alpha value is -2.40. The molecule has 0 bridgehead atoms. The monoisotopic (exact) mass is 324 g/mol. The van der Waals surface area contributed by atoms with Crippen LogP contribution in [0, 0.1) is 6.92 Å². The van der Waals surface area contributed by atoms with Gasteiger partial charge in [-0.2, -0.15) is 0 Å². The summed E-state index contributed by atoms with van der Waals surface area (Å²) in [6.45, 7) is 5.69. The van der Waals surface area contributed by atoms with E-state index < -0.39 is 0 Å². The van der Waals surface area contributed by atoms with E-state index in [0.29, 0.717) is 5.11 Å². The van der Waals surface area contributed by atoms with E-state index in [-0.39, 0.29) is 0 Å². The van der Waals surface area contributed by atoms with Crippen molar-refractivity contribution in [3.05, 3.63) is 59.9 Å². The van der Waals surface area contributed by atoms with Crippen molar-refractivity contribution >= 4 is 34.1 Å². The van der Waals surface area contributed by atoms with Crippen LogP contribution in [0.3, 0.4) is 0 Å². The zero-order valence-corrected chi connectivity index (χ0v) is 14.2. The molecule has 0 atom stereocenters. The fraction of sp³-hybridized carbons (Fsp3) is 0.222. The molecule has 0 spiro atoms. The van der Waals surface area contributed by atoms with Crippen LogP contribution in [0.1, 0.15) is 18.3 Å². The molecule has 1 aromatic heterocycles. The van der Waals surface area contributed by atoms with Gasteiger partial charge in [-0.05, 0) is 49.8 Å². The highest BCUT2D eigenvalue weighted by atomic mass is 32.1. The third-order valence-electron chi connectivity index (χ3n) is 3.72. The number of benzene rings is 2. The van der Waals surface area contributed by atoms with Crippen LogP contribution in [-0.2, 0) is 6.54 Å². The third-order valence-corrected chi connectivity index (χ3v) is 3.96. The van der Waals surface area contributed by atoms with Gasteiger partial charge in [0.25, 0.3) is 0 Å². The van der Waals surface area contributed by atoms with Gasteiger partial charge in [0.1, 0.15) is 5.82 Å². The van der Waals surface area contributed by atoms with E-state index in [1.165, 1.54) is 5.56 Å². The van der Waals surface area contributed by atoms with Crippen LogP contribution in [0.25, 0.3) is 11.0 Å². The van der Waals surface area contributed by atoms with E-state index in [1.54, 1.807) is 0 Å². The first-order valence-corrected chi connectivity index (χ1v) is 8.14. The number of hydrogen-bond acceptors (Lipinski definition) is 2. The summed E-state index contributed by atoms with van der Waals surface area (Å²) in [6.07, 6.45) is 0. The average molecular weight is 324 g/mol. The minimum atomic E-state index is 0.632. The summed E-state index contributed by atoms with van der Waals surface area (Å²) in [5.74, 6) is 1.01. The highest BCUT2D eigenvalue weighted by Gasteiger charge is 2.09. The predicted molar refractivity (Wildman–Crippen MR) is 99.9 cm³/mol. The van der Waals surface area contributed by atoms with Crippen molar-refractivity contribution in [2.75, 3.05) is 11.9 Å². The molecule has 0 radical (unpaired) electrons. The number of imidazole rings is 1. The quantitative estimate of drug-likeness (QED) is 0.718. The topological polar surface area (TPSA) is 41.9 Å². The summed E-state index contributed by atoms with van der Waals surface area (Å²) in [5.41, 5.74) is 4.33. The molecule has 23 heavy (non-hydrogen) atoms. The Morgan fingerprint density at radius 3 is 2.70 bits per heavy atom. The SMILES string of the molecule is CCNC(=S)Nc1ccc2c(c1)nc(C)n2Cc1ccccc1. The zero-order valence-electron chi connectivity index (χ0n) is 13.3. The molecule has 0 aliphatic carbocycles. The number of nitrogens with zero attached hydrogens (tertiary/aromatic N) is 2. The number of nitrogens with one attached hydrogen (secondary N) is 2. The Labute approximate surface area is 141 Å². The standard InChI is InChI=1S/C18H20N4S/c1-3-19-18(23)21-15-9-10-17-16(11-15)20-13(2)22(17)12-14-7-5-4-6-8-14/h4-11H,3,12H2,1-2H3,(H2,19,21,23). The van der Waals surface area contributed by atoms with Crippen LogP contribution in [-0.4, -0.2) is 21.2 Å². The summed E-state index contributed by atoms with van der Waals surface area (Å²) in [5, 5.41) is 6.90. The molecule has 0 aliphatic heterocycles. The molecule has 0 unspecified atom stereocenters. The fourth-order valence-corrected chi connectivity index (χ4v) is 2.89. The van der Waals surface area contributed by atoms with E-state index in [4.69, 9.17) is 12.2 Å². The Bertz CT molecular complexity index is 824. The van der Waals surface area contributed by atoms with E-state index in [9.17, 15) is 0 Å². The first kappa shape index (κ1) is 15.5. The number of fused-ring (bicyclic) bond motifs is 1. The molecular formula is C18H20N4S. The van der Waals surface area contributed by atoms with Gasteiger partial charge in [0.2, 0.25) is 0 Å². The van der Waals surface area contributed by atoms with Gasteiger partial charge >= 0.3 is 0 Å². The second-order valence-electron chi connectivity index (χ2n) is 5.42. The van der Waals surface area contributed by atoms with Crippen LogP contribution in [0.2, 0.25) is 0 Å². The van der Waals surface area contributed by atoms with Crippen molar-refractivity contribution < 1.29 is 0 Å². The minimum Gasteiger partial charge on any atom is -0.363 e. The third kappa shape index (κ3) is 3.51. The first-order valence-electron chi connectivity index (χ1n) is 7.73. The van der Waals surface area contributed by atoms with Crippen LogP contribution in [0.4, 0.5) is 5.69 Å². The van der Waals surface area contributed by atoms with Crippen molar-refractivity contribution in [1.29, 1.82) is 0 Å². The molecule has 118 valence electrons. The molecule has 0 saturated carbocycles. The van der Waals surface area contributed by atoms with E-state index in [0.717, 1.165) is 35.6 Å². The normalized spacial score (nSPS) is 10.7. The molecular weight excluding hydrogens is 304 g/mol. The number of anilines is 1. The summed E-state index contributed by atoms with van der Waals surface area (Å²) in [7, 11) is 0. The average Bonchev–Trinajstić information content (AvgIpc) is 2.84. The maximum Gasteiger partial charge on any atom is 0.170 e. The van der Waals surface area contributed by atoms with Gasteiger partial charge in [0.15, 0.2) is 5.11 Å². The largest absolute Gasteiger partial charge is 0.363 e. The molecule has 5 heteroatoms. The molecule has 1 heterocycles. The Morgan fingerprint density at radius 1 is 1.17 bits per heavy atom. The van der Waals surface area contributed by atoms with E-state index in [2.05, 4.69) is 50.5 Å². The lowest BCUT2D eigenvalue weighted by atomic mass is 10.2. The Kier molecular flexibility index (Phi) is 4.57. The second kappa shape index (κ2) is 6.79. The van der Waals surface area contributed by atoms with Crippen molar-refractivity contribution in [2.24, 2.45) is 0 Å². The van der Waals surface area contributed by atoms with Gasteiger partial charge in [-0.3, -0.25) is 0 Å². The molecule has 0 saturated heterocycles. The molecule has 4 nitrogen and oxygen atoms in total. The molecule has 0 aliphatic rings. The Balaban J connectivity index is 1.89. The molecule has 3 rings (SSSR count). The number of rotatable bonds is 4. The Morgan fingerprint density at radius 2 is 1.96 bits per heavy atom. The lowest BCUT2D eigenvalue weighted by Crippen LogP contribution is -2.27. The first-order chi connectivity index (χ1) is 11.2. The van der Waals surface area contributed by atoms with Crippen molar-refractivity contribution in [2.45, 2.75) is 20.4 Å². The van der Waals surface area contributed by atoms with Gasteiger partial charge in [-0.25, -0.2) is 4.98 Å². The van der Waals surface area contributed by atoms with Crippen LogP contribution in [0.15, 0.2) is 48.5 Å². The molecule has 0 fully saturated rings. The van der Waals surface area contributed by atoms with Crippen molar-refractivity contribution in [3.8, 4) is 0 Å². The molecule has 2 aromatic carbocycles. The summed E-state index contributed by atoms with van der Waals surface area (Å²) < 4.78 is 2.23. The van der Waals surface area contributed by atoms with E-state index in [1.807, 2.05) is 32.0 Å². The molecule has 2 N–H and O–H groups in total. The number of hydrogen-bond donors (Lipinski definition) is 2. The highest BCUT2D eigenvalue weighted by molar-refractivity contribution is 7.80. The smallest absolute Gasteiger partial charge is 0.170 e. The van der Waals surface area contributed by atoms with Gasteiger partial charge < -0.3 is 15.2 Å². The van der Waals surface area contributed by atoms with Crippen LogP contribution < -0.4 is 10.6 Å². The molecule has 3 aromatic rings. The lowest BCUT2D eigenvalue weighted by Gasteiger charge is -2.09. The zero-order chi connectivity index (χ0) is 16.2. The maximum atomic E-state index is 5.23. The lowest BCUT2D eigenvalue weighted by molar-refractivity contribution is 0.786. The van der Waals surface area contributed by atoms with Crippen LogP contribution in [0.5, 0.6) is 0 Å². The second-order valence-corrected chi connectivity index (χ2v) is 5.83.